The van der Waals surface area contributed by atoms with E-state index in [9.17, 15) is 0 Å². The van der Waals surface area contributed by atoms with Crippen LogP contribution >= 0.6 is 0 Å². The summed E-state index contributed by atoms with van der Waals surface area (Å²) in [6.45, 7) is 11.5. The highest BCUT2D eigenvalue weighted by atomic mass is 15.3. The van der Waals surface area contributed by atoms with Gasteiger partial charge < -0.3 is 4.90 Å². The van der Waals surface area contributed by atoms with Crippen LogP contribution in [-0.4, -0.2) is 29.4 Å². The fourth-order valence-corrected chi connectivity index (χ4v) is 3.07. The largest absolute Gasteiger partial charge is 0.358 e. The summed E-state index contributed by atoms with van der Waals surface area (Å²) in [4.78, 5) is 7.68. The smallest absolute Gasteiger partial charge is 0.0997 e. The maximum Gasteiger partial charge on any atom is 0.0997 e. The van der Waals surface area contributed by atoms with Crippen LogP contribution in [0.2, 0.25) is 0 Å². The minimum absolute atomic E-state index is 0.253. The average molecular weight is 238 g/mol. The maximum absolute atomic E-state index is 5.13. The topological polar surface area (TPSA) is 15.6 Å². The molecule has 17 heavy (non-hydrogen) atoms. The third kappa shape index (κ3) is 3.72. The molecule has 0 spiro atoms. The minimum Gasteiger partial charge on any atom is -0.358 e. The second-order valence-electron chi connectivity index (χ2n) is 5.42. The molecule has 1 aliphatic rings. The van der Waals surface area contributed by atoms with Gasteiger partial charge in [0.1, 0.15) is 0 Å². The lowest BCUT2D eigenvalue weighted by Gasteiger charge is -2.27. The molecule has 0 aromatic rings. The maximum atomic E-state index is 5.13. The molecule has 1 aliphatic heterocycles. The first kappa shape index (κ1) is 14.5. The lowest BCUT2D eigenvalue weighted by atomic mass is 9.90. The highest BCUT2D eigenvalue weighted by Gasteiger charge is 2.36. The lowest BCUT2D eigenvalue weighted by Crippen LogP contribution is -2.36. The van der Waals surface area contributed by atoms with E-state index in [4.69, 9.17) is 4.99 Å². The van der Waals surface area contributed by atoms with Crippen LogP contribution in [0.3, 0.4) is 0 Å². The molecule has 0 saturated carbocycles. The molecule has 0 unspecified atom stereocenters. The Kier molecular flexibility index (Phi) is 6.01. The van der Waals surface area contributed by atoms with Crippen LogP contribution in [0.15, 0.2) is 4.99 Å². The van der Waals surface area contributed by atoms with Crippen molar-refractivity contribution in [1.29, 1.82) is 0 Å². The Labute approximate surface area is 107 Å². The summed E-state index contributed by atoms with van der Waals surface area (Å²) in [5.41, 5.74) is 0.253. The van der Waals surface area contributed by atoms with Gasteiger partial charge in [-0.05, 0) is 25.7 Å². The molecule has 0 atom stereocenters. The van der Waals surface area contributed by atoms with Crippen LogP contribution in [0, 0.1) is 0 Å². The van der Waals surface area contributed by atoms with E-state index in [1.54, 1.807) is 0 Å². The van der Waals surface area contributed by atoms with E-state index in [2.05, 4.69) is 32.6 Å². The minimum atomic E-state index is 0.253. The zero-order chi connectivity index (χ0) is 12.7. The van der Waals surface area contributed by atoms with Crippen LogP contribution in [0.4, 0.5) is 0 Å². The summed E-state index contributed by atoms with van der Waals surface area (Å²) in [6, 6.07) is 0. The number of hydrogen-bond acceptors (Lipinski definition) is 2. The van der Waals surface area contributed by atoms with E-state index in [0.29, 0.717) is 0 Å². The Balaban J connectivity index is 2.79. The van der Waals surface area contributed by atoms with E-state index >= 15 is 0 Å². The molecule has 1 rings (SSSR count). The third-order valence-electron chi connectivity index (χ3n) is 3.61. The van der Waals surface area contributed by atoms with Crippen molar-refractivity contribution in [2.24, 2.45) is 4.99 Å². The van der Waals surface area contributed by atoms with Crippen LogP contribution in [0.5, 0.6) is 0 Å². The fraction of sp³-hybridized carbons (Fsp3) is 0.933. The highest BCUT2D eigenvalue weighted by molar-refractivity contribution is 5.84. The molecule has 0 bridgehead atoms. The molecule has 0 radical (unpaired) electrons. The predicted octanol–water partition coefficient (Wildman–Crippen LogP) is 4.25. The molecular weight excluding hydrogens is 208 g/mol. The summed E-state index contributed by atoms with van der Waals surface area (Å²) in [6.07, 6.45) is 8.63. The first-order valence-corrected chi connectivity index (χ1v) is 7.55. The molecule has 2 nitrogen and oxygen atoms in total. The monoisotopic (exact) mass is 238 g/mol. The molecule has 0 saturated heterocycles. The van der Waals surface area contributed by atoms with Crippen LogP contribution in [-0.2, 0) is 0 Å². The van der Waals surface area contributed by atoms with Crippen molar-refractivity contribution < 1.29 is 0 Å². The molecule has 0 fully saturated rings. The number of aliphatic imine (C=N–C) groups is 1. The number of nitrogens with zero attached hydrogens (tertiary/aromatic N) is 2. The van der Waals surface area contributed by atoms with E-state index in [-0.39, 0.29) is 5.54 Å². The van der Waals surface area contributed by atoms with Crippen molar-refractivity contribution in [3.63, 3.8) is 0 Å². The van der Waals surface area contributed by atoms with E-state index in [1.165, 1.54) is 57.5 Å². The van der Waals surface area contributed by atoms with Crippen molar-refractivity contribution in [1.82, 2.24) is 4.90 Å². The molecule has 0 amide bonds. The van der Waals surface area contributed by atoms with Crippen molar-refractivity contribution in [3.05, 3.63) is 0 Å². The fourth-order valence-electron chi connectivity index (χ4n) is 3.07. The van der Waals surface area contributed by atoms with Crippen molar-refractivity contribution in [2.75, 3.05) is 13.1 Å². The van der Waals surface area contributed by atoms with Gasteiger partial charge in [-0.25, -0.2) is 0 Å². The average Bonchev–Trinajstić information content (AvgIpc) is 2.59. The predicted molar refractivity (Wildman–Crippen MR) is 76.8 cm³/mol. The normalized spacial score (nSPS) is 18.6. The molecule has 100 valence electrons. The van der Waals surface area contributed by atoms with Crippen molar-refractivity contribution in [2.45, 2.75) is 78.2 Å². The van der Waals surface area contributed by atoms with Gasteiger partial charge in [0.25, 0.3) is 0 Å². The lowest BCUT2D eigenvalue weighted by molar-refractivity contribution is 0.300. The first-order valence-electron chi connectivity index (χ1n) is 7.55. The zero-order valence-electron chi connectivity index (χ0n) is 12.3. The zero-order valence-corrected chi connectivity index (χ0v) is 12.3. The van der Waals surface area contributed by atoms with Crippen molar-refractivity contribution >= 4 is 5.84 Å². The second-order valence-corrected chi connectivity index (χ2v) is 5.42. The summed E-state index contributed by atoms with van der Waals surface area (Å²) in [7, 11) is 0. The Hall–Kier alpha value is -0.530. The number of amidine groups is 1. The highest BCUT2D eigenvalue weighted by Crippen LogP contribution is 2.32. The molecular formula is C15H30N2. The van der Waals surface area contributed by atoms with Crippen LogP contribution < -0.4 is 0 Å². The number of rotatable bonds is 8. The summed E-state index contributed by atoms with van der Waals surface area (Å²) in [5, 5.41) is 0. The standard InChI is InChI=1S/C15H30N2/c1-5-9-14-16-15(10-6-2,11-7-3)13-17(14)12-8-4/h5-13H2,1-4H3. The summed E-state index contributed by atoms with van der Waals surface area (Å²) >= 11 is 0. The van der Waals surface area contributed by atoms with Crippen molar-refractivity contribution in [3.8, 4) is 0 Å². The van der Waals surface area contributed by atoms with Crippen LogP contribution in [0.1, 0.15) is 72.6 Å². The Bertz CT molecular complexity index is 239. The van der Waals surface area contributed by atoms with E-state index in [0.717, 1.165) is 6.42 Å². The summed E-state index contributed by atoms with van der Waals surface area (Å²) < 4.78 is 0. The van der Waals surface area contributed by atoms with E-state index in [1.807, 2.05) is 0 Å². The van der Waals surface area contributed by atoms with Gasteiger partial charge in [-0.1, -0.05) is 40.5 Å². The van der Waals surface area contributed by atoms with Gasteiger partial charge >= 0.3 is 0 Å². The van der Waals surface area contributed by atoms with Crippen LogP contribution in [0.25, 0.3) is 0 Å². The SMILES string of the molecule is CCCC1=NC(CCC)(CCC)CN1CCC. The van der Waals surface area contributed by atoms with Gasteiger partial charge in [0, 0.05) is 19.5 Å². The van der Waals surface area contributed by atoms with Gasteiger partial charge in [0.2, 0.25) is 0 Å². The quantitative estimate of drug-likeness (QED) is 0.617. The second kappa shape index (κ2) is 7.03. The molecule has 0 aromatic carbocycles. The Morgan fingerprint density at radius 1 is 1.00 bits per heavy atom. The molecule has 0 aromatic heterocycles. The molecule has 0 aliphatic carbocycles. The van der Waals surface area contributed by atoms with Gasteiger partial charge in [-0.15, -0.1) is 0 Å². The van der Waals surface area contributed by atoms with Gasteiger partial charge in [-0.2, -0.15) is 0 Å². The van der Waals surface area contributed by atoms with Gasteiger partial charge in [0.05, 0.1) is 11.4 Å². The molecule has 0 N–H and O–H groups in total. The van der Waals surface area contributed by atoms with Gasteiger partial charge in [-0.3, -0.25) is 4.99 Å². The van der Waals surface area contributed by atoms with Gasteiger partial charge in [0.15, 0.2) is 0 Å². The summed E-state index contributed by atoms with van der Waals surface area (Å²) in [5.74, 6) is 1.39. The Morgan fingerprint density at radius 2 is 1.65 bits per heavy atom. The Morgan fingerprint density at radius 3 is 2.12 bits per heavy atom. The molecule has 2 heteroatoms. The third-order valence-corrected chi connectivity index (χ3v) is 3.61. The van der Waals surface area contributed by atoms with E-state index < -0.39 is 0 Å². The number of hydrogen-bond donors (Lipinski definition) is 0. The molecule has 1 heterocycles. The first-order chi connectivity index (χ1) is 8.21.